The lowest BCUT2D eigenvalue weighted by atomic mass is 9.94. The molecule has 3 aromatic rings. The van der Waals surface area contributed by atoms with Crippen LogP contribution in [-0.2, 0) is 4.79 Å². The minimum Gasteiger partial charge on any atom is -0.338 e. The van der Waals surface area contributed by atoms with Crippen LogP contribution in [-0.4, -0.2) is 45.7 Å². The van der Waals surface area contributed by atoms with Gasteiger partial charge in [-0.25, -0.2) is 4.98 Å². The molecule has 0 spiro atoms. The topological polar surface area (TPSA) is 92.7 Å². The summed E-state index contributed by atoms with van der Waals surface area (Å²) in [5.74, 6) is -0.175. The highest BCUT2D eigenvalue weighted by molar-refractivity contribution is 7.18. The van der Waals surface area contributed by atoms with E-state index in [1.807, 2.05) is 40.7 Å². The maximum absolute atomic E-state index is 12.9. The van der Waals surface area contributed by atoms with Crippen molar-refractivity contribution < 1.29 is 9.59 Å². The van der Waals surface area contributed by atoms with E-state index in [9.17, 15) is 9.59 Å². The van der Waals surface area contributed by atoms with Gasteiger partial charge in [-0.15, -0.1) is 0 Å². The number of nitrogens with one attached hydrogen (secondary N) is 1. The Balaban J connectivity index is 1.60. The van der Waals surface area contributed by atoms with E-state index in [0.29, 0.717) is 16.6 Å². The quantitative estimate of drug-likeness (QED) is 0.722. The summed E-state index contributed by atoms with van der Waals surface area (Å²) in [5, 5.41) is 2.73. The zero-order chi connectivity index (χ0) is 19.0. The van der Waals surface area contributed by atoms with Crippen LogP contribution in [0.4, 0.5) is 5.69 Å². The molecule has 142 valence electrons. The van der Waals surface area contributed by atoms with Crippen molar-refractivity contribution in [2.45, 2.75) is 38.1 Å². The lowest BCUT2D eigenvalue weighted by Crippen LogP contribution is -2.37. The first-order valence-corrected chi connectivity index (χ1v) is 10.1. The molecule has 0 atom stereocenters. The lowest BCUT2D eigenvalue weighted by molar-refractivity contribution is -0.114. The third-order valence-corrected chi connectivity index (χ3v) is 6.20. The molecule has 2 heterocycles. The van der Waals surface area contributed by atoms with Crippen molar-refractivity contribution in [3.63, 3.8) is 0 Å². The van der Waals surface area contributed by atoms with Gasteiger partial charge in [-0.2, -0.15) is 0 Å². The van der Waals surface area contributed by atoms with Crippen LogP contribution in [0.5, 0.6) is 0 Å². The van der Waals surface area contributed by atoms with Gasteiger partial charge in [-0.1, -0.05) is 30.6 Å². The molecule has 27 heavy (non-hydrogen) atoms. The second-order valence-electron chi connectivity index (χ2n) is 7.02. The van der Waals surface area contributed by atoms with Crippen LogP contribution in [0.25, 0.3) is 16.0 Å². The Hall–Kier alpha value is -2.45. The first-order valence-electron chi connectivity index (χ1n) is 9.25. The van der Waals surface area contributed by atoms with Crippen LogP contribution in [0.15, 0.2) is 24.4 Å². The summed E-state index contributed by atoms with van der Waals surface area (Å²) in [6, 6.07) is 5.87. The van der Waals surface area contributed by atoms with Crippen molar-refractivity contribution in [3.8, 4) is 0 Å². The highest BCUT2D eigenvalue weighted by atomic mass is 32.1. The molecule has 4 rings (SSSR count). The van der Waals surface area contributed by atoms with Gasteiger partial charge in [-0.05, 0) is 31.0 Å². The van der Waals surface area contributed by atoms with Gasteiger partial charge in [0.2, 0.25) is 5.91 Å². The fourth-order valence-electron chi connectivity index (χ4n) is 3.71. The highest BCUT2D eigenvalue weighted by Crippen LogP contribution is 2.28. The van der Waals surface area contributed by atoms with E-state index in [0.717, 1.165) is 28.8 Å². The van der Waals surface area contributed by atoms with E-state index in [1.165, 1.54) is 30.6 Å². The van der Waals surface area contributed by atoms with Crippen LogP contribution in [0.1, 0.15) is 41.8 Å². The predicted octanol–water partition coefficient (Wildman–Crippen LogP) is 2.85. The Morgan fingerprint density at radius 3 is 2.85 bits per heavy atom. The number of hydrogen-bond donors (Lipinski definition) is 2. The zero-order valence-electron chi connectivity index (χ0n) is 15.3. The van der Waals surface area contributed by atoms with E-state index >= 15 is 0 Å². The fraction of sp³-hybridized carbons (Fsp3) is 0.421. The van der Waals surface area contributed by atoms with Crippen molar-refractivity contribution in [2.24, 2.45) is 5.73 Å². The van der Waals surface area contributed by atoms with Crippen LogP contribution < -0.4 is 11.1 Å². The molecule has 0 unspecified atom stereocenters. The smallest absolute Gasteiger partial charge is 0.265 e. The van der Waals surface area contributed by atoms with Crippen molar-refractivity contribution >= 4 is 44.8 Å². The van der Waals surface area contributed by atoms with Crippen molar-refractivity contribution in [1.29, 1.82) is 0 Å². The van der Waals surface area contributed by atoms with Crippen molar-refractivity contribution in [1.82, 2.24) is 14.3 Å². The Morgan fingerprint density at radius 2 is 2.11 bits per heavy atom. The summed E-state index contributed by atoms with van der Waals surface area (Å²) >= 11 is 1.40. The summed E-state index contributed by atoms with van der Waals surface area (Å²) < 4.78 is 1.94. The molecule has 1 saturated carbocycles. The van der Waals surface area contributed by atoms with Crippen molar-refractivity contribution in [2.75, 3.05) is 18.9 Å². The molecule has 1 aliphatic carbocycles. The molecule has 0 bridgehead atoms. The number of hydrogen-bond acceptors (Lipinski definition) is 5. The maximum atomic E-state index is 12.9. The number of benzene rings is 1. The average Bonchev–Trinajstić information content (AvgIpc) is 3.25. The number of carbonyl (C=O) groups excluding carboxylic acids is 2. The van der Waals surface area contributed by atoms with E-state index < -0.39 is 0 Å². The Bertz CT molecular complexity index is 1000. The average molecular weight is 385 g/mol. The molecular formula is C19H23N5O2S. The summed E-state index contributed by atoms with van der Waals surface area (Å²) in [7, 11) is 1.91. The van der Waals surface area contributed by atoms with Gasteiger partial charge in [0.1, 0.15) is 4.88 Å². The van der Waals surface area contributed by atoms with E-state index in [4.69, 9.17) is 5.73 Å². The summed E-state index contributed by atoms with van der Waals surface area (Å²) in [5.41, 5.74) is 7.68. The summed E-state index contributed by atoms with van der Waals surface area (Å²) in [6.45, 7) is -0.0592. The number of nitrogens with two attached hydrogens (primary N) is 1. The van der Waals surface area contributed by atoms with Gasteiger partial charge in [0.05, 0.1) is 17.6 Å². The van der Waals surface area contributed by atoms with E-state index in [-0.39, 0.29) is 18.4 Å². The molecule has 8 heteroatoms. The molecule has 2 aromatic heterocycles. The Morgan fingerprint density at radius 1 is 1.33 bits per heavy atom. The number of amides is 2. The highest BCUT2D eigenvalue weighted by Gasteiger charge is 2.25. The second kappa shape index (κ2) is 7.28. The van der Waals surface area contributed by atoms with Gasteiger partial charge in [-0.3, -0.25) is 14.0 Å². The summed E-state index contributed by atoms with van der Waals surface area (Å²) in [4.78, 5) is 32.3. The lowest BCUT2D eigenvalue weighted by Gasteiger charge is -2.30. The minimum absolute atomic E-state index is 0.0592. The largest absolute Gasteiger partial charge is 0.338 e. The molecule has 2 amide bonds. The maximum Gasteiger partial charge on any atom is 0.265 e. The molecule has 1 aliphatic rings. The van der Waals surface area contributed by atoms with Gasteiger partial charge in [0, 0.05) is 25.0 Å². The number of imidazole rings is 1. The number of nitrogens with zero attached hydrogens (tertiary/aromatic N) is 3. The third kappa shape index (κ3) is 3.42. The third-order valence-electron chi connectivity index (χ3n) is 5.23. The first kappa shape index (κ1) is 17.9. The molecule has 1 fully saturated rings. The van der Waals surface area contributed by atoms with Crippen molar-refractivity contribution in [3.05, 3.63) is 29.3 Å². The molecular weight excluding hydrogens is 362 g/mol. The van der Waals surface area contributed by atoms with Crippen LogP contribution >= 0.6 is 11.3 Å². The molecule has 0 aliphatic heterocycles. The van der Waals surface area contributed by atoms with E-state index in [2.05, 4.69) is 10.3 Å². The number of anilines is 1. The number of fused-ring (bicyclic) bond motifs is 3. The Kier molecular flexibility index (Phi) is 4.84. The standard InChI is InChI=1S/C19H23N5O2S/c1-23(13-5-3-2-4-6-13)18(26)16-11-24-15-8-7-12(21-17(25)10-20)9-14(15)22-19(24)27-16/h7-9,11,13H,2-6,10,20H2,1H3,(H,21,25). The molecule has 3 N–H and O–H groups in total. The van der Waals surface area contributed by atoms with Gasteiger partial charge >= 0.3 is 0 Å². The number of thiazole rings is 1. The van der Waals surface area contributed by atoms with Crippen LogP contribution in [0.3, 0.4) is 0 Å². The van der Waals surface area contributed by atoms with Crippen LogP contribution in [0.2, 0.25) is 0 Å². The number of aromatic nitrogens is 2. The van der Waals surface area contributed by atoms with Gasteiger partial charge in [0.15, 0.2) is 4.96 Å². The zero-order valence-corrected chi connectivity index (χ0v) is 16.1. The molecule has 1 aromatic carbocycles. The SMILES string of the molecule is CN(C(=O)c1cn2c(nc3cc(NC(=O)CN)ccc32)s1)C1CCCCC1. The number of carbonyl (C=O) groups is 2. The predicted molar refractivity (Wildman–Crippen MR) is 107 cm³/mol. The monoisotopic (exact) mass is 385 g/mol. The molecule has 0 radical (unpaired) electrons. The second-order valence-corrected chi connectivity index (χ2v) is 8.03. The minimum atomic E-state index is -0.242. The number of rotatable bonds is 4. The normalized spacial score (nSPS) is 15.3. The fourth-order valence-corrected chi connectivity index (χ4v) is 4.69. The molecule has 0 saturated heterocycles. The van der Waals surface area contributed by atoms with Gasteiger partial charge < -0.3 is 16.0 Å². The Labute approximate surface area is 161 Å². The first-order chi connectivity index (χ1) is 13.1. The summed E-state index contributed by atoms with van der Waals surface area (Å²) in [6.07, 6.45) is 7.71. The van der Waals surface area contributed by atoms with E-state index in [1.54, 1.807) is 0 Å². The van der Waals surface area contributed by atoms with Crippen LogP contribution in [0, 0.1) is 0 Å². The molecule has 7 nitrogen and oxygen atoms in total. The van der Waals surface area contributed by atoms with Gasteiger partial charge in [0.25, 0.3) is 5.91 Å².